The lowest BCUT2D eigenvalue weighted by molar-refractivity contribution is -0.107. The van der Waals surface area contributed by atoms with Crippen molar-refractivity contribution in [2.45, 2.75) is 12.8 Å². The lowest BCUT2D eigenvalue weighted by Crippen LogP contribution is -2.21. The van der Waals surface area contributed by atoms with Gasteiger partial charge in [-0.15, -0.1) is 0 Å². The van der Waals surface area contributed by atoms with Gasteiger partial charge in [-0.1, -0.05) is 36.4 Å². The smallest absolute Gasteiger partial charge is 0.253 e. The number of amides is 1. The van der Waals surface area contributed by atoms with Gasteiger partial charge in [-0.05, 0) is 35.2 Å². The monoisotopic (exact) mass is 281 g/mol. The average molecular weight is 281 g/mol. The van der Waals surface area contributed by atoms with E-state index in [4.69, 9.17) is 0 Å². The third-order valence-electron chi connectivity index (χ3n) is 3.35. The zero-order valence-corrected chi connectivity index (χ0v) is 12.4. The first-order chi connectivity index (χ1) is 10.1. The summed E-state index contributed by atoms with van der Waals surface area (Å²) in [5, 5.41) is 0. The molecule has 0 unspecified atom stereocenters. The Morgan fingerprint density at radius 3 is 2.38 bits per heavy atom. The standard InChI is InChI=1S/C18H19NO2/c1-19(2)18(21)16-10-8-15(9-11-16)17-7-3-5-14(13-17)6-4-12-20/h3,5,7-13H,4,6H2,1-2H3. The van der Waals surface area contributed by atoms with Crippen LogP contribution in [0.3, 0.4) is 0 Å². The summed E-state index contributed by atoms with van der Waals surface area (Å²) in [4.78, 5) is 23.9. The van der Waals surface area contributed by atoms with Crippen molar-refractivity contribution in [3.05, 3.63) is 59.7 Å². The minimum Gasteiger partial charge on any atom is -0.345 e. The summed E-state index contributed by atoms with van der Waals surface area (Å²) in [5.41, 5.74) is 3.99. The summed E-state index contributed by atoms with van der Waals surface area (Å²) < 4.78 is 0. The first-order valence-corrected chi connectivity index (χ1v) is 6.96. The first-order valence-electron chi connectivity index (χ1n) is 6.96. The van der Waals surface area contributed by atoms with Gasteiger partial charge in [-0.3, -0.25) is 4.79 Å². The molecule has 1 amide bonds. The molecule has 0 aliphatic carbocycles. The van der Waals surface area contributed by atoms with E-state index < -0.39 is 0 Å². The Kier molecular flexibility index (Phi) is 4.88. The minimum absolute atomic E-state index is 0.00119. The van der Waals surface area contributed by atoms with Crippen LogP contribution in [0.5, 0.6) is 0 Å². The predicted molar refractivity (Wildman–Crippen MR) is 84.3 cm³/mol. The van der Waals surface area contributed by atoms with E-state index in [0.717, 1.165) is 29.4 Å². The summed E-state index contributed by atoms with van der Waals surface area (Å²) in [6.45, 7) is 0. The Morgan fingerprint density at radius 1 is 1.05 bits per heavy atom. The molecule has 108 valence electrons. The van der Waals surface area contributed by atoms with Gasteiger partial charge < -0.3 is 9.69 Å². The highest BCUT2D eigenvalue weighted by atomic mass is 16.2. The molecule has 3 nitrogen and oxygen atoms in total. The molecule has 0 heterocycles. The maximum Gasteiger partial charge on any atom is 0.253 e. The van der Waals surface area contributed by atoms with E-state index >= 15 is 0 Å². The first kappa shape index (κ1) is 15.0. The van der Waals surface area contributed by atoms with Crippen molar-refractivity contribution >= 4 is 12.2 Å². The van der Waals surface area contributed by atoms with Gasteiger partial charge >= 0.3 is 0 Å². The molecule has 2 aromatic rings. The van der Waals surface area contributed by atoms with Crippen LogP contribution in [0.4, 0.5) is 0 Å². The molecule has 0 spiro atoms. The van der Waals surface area contributed by atoms with Crippen molar-refractivity contribution in [2.75, 3.05) is 14.1 Å². The second-order valence-corrected chi connectivity index (χ2v) is 5.18. The molecule has 0 aliphatic heterocycles. The van der Waals surface area contributed by atoms with Gasteiger partial charge in [0.2, 0.25) is 0 Å². The highest BCUT2D eigenvalue weighted by Crippen LogP contribution is 2.21. The van der Waals surface area contributed by atoms with Crippen LogP contribution >= 0.6 is 0 Å². The number of aryl methyl sites for hydroxylation is 1. The number of carbonyl (C=O) groups is 2. The third kappa shape index (κ3) is 3.78. The van der Waals surface area contributed by atoms with Crippen LogP contribution in [0.15, 0.2) is 48.5 Å². The Morgan fingerprint density at radius 2 is 1.76 bits per heavy atom. The summed E-state index contributed by atoms with van der Waals surface area (Å²) in [6, 6.07) is 15.7. The van der Waals surface area contributed by atoms with Crippen molar-refractivity contribution < 1.29 is 9.59 Å². The summed E-state index contributed by atoms with van der Waals surface area (Å²) in [5.74, 6) is 0.00119. The third-order valence-corrected chi connectivity index (χ3v) is 3.35. The summed E-state index contributed by atoms with van der Waals surface area (Å²) >= 11 is 0. The molecule has 21 heavy (non-hydrogen) atoms. The van der Waals surface area contributed by atoms with E-state index in [1.165, 1.54) is 0 Å². The molecule has 2 rings (SSSR count). The zero-order valence-electron chi connectivity index (χ0n) is 12.4. The van der Waals surface area contributed by atoms with Crippen molar-refractivity contribution in [2.24, 2.45) is 0 Å². The molecular weight excluding hydrogens is 262 g/mol. The van der Waals surface area contributed by atoms with Gasteiger partial charge in [0.1, 0.15) is 6.29 Å². The second kappa shape index (κ2) is 6.84. The fraction of sp³-hybridized carbons (Fsp3) is 0.222. The molecule has 0 aromatic heterocycles. The van der Waals surface area contributed by atoms with Crippen LogP contribution in [-0.2, 0) is 11.2 Å². The second-order valence-electron chi connectivity index (χ2n) is 5.18. The molecular formula is C18H19NO2. The highest BCUT2D eigenvalue weighted by molar-refractivity contribution is 5.94. The largest absolute Gasteiger partial charge is 0.345 e. The topological polar surface area (TPSA) is 37.4 Å². The molecule has 0 aliphatic rings. The zero-order chi connectivity index (χ0) is 15.2. The Bertz CT molecular complexity index is 630. The van der Waals surface area contributed by atoms with Gasteiger partial charge in [0.05, 0.1) is 0 Å². The van der Waals surface area contributed by atoms with Crippen LogP contribution in [0.25, 0.3) is 11.1 Å². The van der Waals surface area contributed by atoms with E-state index in [0.29, 0.717) is 12.0 Å². The van der Waals surface area contributed by atoms with Crippen LogP contribution in [-0.4, -0.2) is 31.2 Å². The van der Waals surface area contributed by atoms with E-state index in [-0.39, 0.29) is 5.91 Å². The van der Waals surface area contributed by atoms with Gasteiger partial charge in [0, 0.05) is 26.1 Å². The van der Waals surface area contributed by atoms with Gasteiger partial charge in [0.25, 0.3) is 5.91 Å². The quantitative estimate of drug-likeness (QED) is 0.789. The number of benzene rings is 2. The van der Waals surface area contributed by atoms with Gasteiger partial charge in [0.15, 0.2) is 0 Å². The lowest BCUT2D eigenvalue weighted by atomic mass is 10.00. The summed E-state index contributed by atoms with van der Waals surface area (Å²) in [6.07, 6.45) is 2.24. The average Bonchev–Trinajstić information content (AvgIpc) is 2.52. The van der Waals surface area contributed by atoms with E-state index in [1.54, 1.807) is 19.0 Å². The maximum absolute atomic E-state index is 11.9. The molecule has 0 saturated carbocycles. The van der Waals surface area contributed by atoms with Crippen LogP contribution in [0.2, 0.25) is 0 Å². The lowest BCUT2D eigenvalue weighted by Gasteiger charge is -2.11. The highest BCUT2D eigenvalue weighted by Gasteiger charge is 2.07. The molecule has 0 fully saturated rings. The van der Waals surface area contributed by atoms with Gasteiger partial charge in [-0.25, -0.2) is 0 Å². The van der Waals surface area contributed by atoms with Crippen molar-refractivity contribution in [3.8, 4) is 11.1 Å². The molecule has 0 radical (unpaired) electrons. The number of nitrogens with zero attached hydrogens (tertiary/aromatic N) is 1. The summed E-state index contributed by atoms with van der Waals surface area (Å²) in [7, 11) is 3.49. The molecule has 3 heteroatoms. The van der Waals surface area contributed by atoms with Crippen LogP contribution < -0.4 is 0 Å². The number of hydrogen-bond acceptors (Lipinski definition) is 2. The SMILES string of the molecule is CN(C)C(=O)c1ccc(-c2cccc(CCC=O)c2)cc1. The maximum atomic E-state index is 11.9. The molecule has 0 bridgehead atoms. The van der Waals surface area contributed by atoms with E-state index in [1.807, 2.05) is 42.5 Å². The van der Waals surface area contributed by atoms with Gasteiger partial charge in [-0.2, -0.15) is 0 Å². The Balaban J connectivity index is 2.22. The Labute approximate surface area is 125 Å². The molecule has 2 aromatic carbocycles. The number of aldehydes is 1. The normalized spacial score (nSPS) is 10.2. The van der Waals surface area contributed by atoms with Crippen molar-refractivity contribution in [1.82, 2.24) is 4.90 Å². The molecule has 0 saturated heterocycles. The van der Waals surface area contributed by atoms with Crippen molar-refractivity contribution in [3.63, 3.8) is 0 Å². The number of hydrogen-bond donors (Lipinski definition) is 0. The minimum atomic E-state index is 0.00119. The van der Waals surface area contributed by atoms with E-state index in [2.05, 4.69) is 6.07 Å². The molecule has 0 N–H and O–H groups in total. The fourth-order valence-corrected chi connectivity index (χ4v) is 2.20. The fourth-order valence-electron chi connectivity index (χ4n) is 2.20. The van der Waals surface area contributed by atoms with Crippen LogP contribution in [0.1, 0.15) is 22.3 Å². The number of rotatable bonds is 5. The predicted octanol–water partition coefficient (Wildman–Crippen LogP) is 3.19. The Hall–Kier alpha value is -2.42. The van der Waals surface area contributed by atoms with E-state index in [9.17, 15) is 9.59 Å². The van der Waals surface area contributed by atoms with Crippen molar-refractivity contribution in [1.29, 1.82) is 0 Å². The number of carbonyl (C=O) groups excluding carboxylic acids is 2. The van der Waals surface area contributed by atoms with Crippen LogP contribution in [0, 0.1) is 0 Å². The molecule has 0 atom stereocenters.